The molecule has 0 bridgehead atoms. The molecule has 0 aromatic carbocycles. The van der Waals surface area contributed by atoms with Crippen LogP contribution >= 0.6 is 0 Å². The number of carbonyl (C=O) groups excluding carboxylic acids is 1. The number of hydrogen-bond acceptors (Lipinski definition) is 8. The predicted molar refractivity (Wildman–Crippen MR) is 81.2 cm³/mol. The first kappa shape index (κ1) is 15.3. The predicted octanol–water partition coefficient (Wildman–Crippen LogP) is 1.16. The summed E-state index contributed by atoms with van der Waals surface area (Å²) in [5.41, 5.74) is 0.249. The fraction of sp³-hybridized carbons (Fsp3) is 0.667. The monoisotopic (exact) mass is 332 g/mol. The Bertz CT molecular complexity index is 714. The van der Waals surface area contributed by atoms with E-state index in [1.54, 1.807) is 10.9 Å². The molecule has 2 aromatic rings. The van der Waals surface area contributed by atoms with Crippen molar-refractivity contribution in [3.63, 3.8) is 0 Å². The molecular formula is C15H20N6O3. The molecule has 0 radical (unpaired) electrons. The molecule has 2 aromatic heterocycles. The molecule has 24 heavy (non-hydrogen) atoms. The third kappa shape index (κ3) is 3.16. The zero-order chi connectivity index (χ0) is 16.5. The van der Waals surface area contributed by atoms with Crippen molar-refractivity contribution in [1.29, 1.82) is 0 Å². The molecule has 0 amide bonds. The normalized spacial score (nSPS) is 19.5. The van der Waals surface area contributed by atoms with Crippen LogP contribution in [0.25, 0.3) is 0 Å². The second-order valence-electron chi connectivity index (χ2n) is 6.40. The van der Waals surface area contributed by atoms with Gasteiger partial charge in [-0.25, -0.2) is 9.48 Å². The number of esters is 1. The minimum atomic E-state index is -0.457. The molecule has 3 heterocycles. The lowest BCUT2D eigenvalue weighted by Gasteiger charge is -2.30. The van der Waals surface area contributed by atoms with Gasteiger partial charge in [-0.15, -0.1) is 5.10 Å². The van der Waals surface area contributed by atoms with Gasteiger partial charge >= 0.3 is 5.97 Å². The van der Waals surface area contributed by atoms with Crippen molar-refractivity contribution >= 4 is 5.97 Å². The summed E-state index contributed by atoms with van der Waals surface area (Å²) in [6.07, 6.45) is 5.89. The van der Waals surface area contributed by atoms with Crippen LogP contribution in [0.5, 0.6) is 0 Å². The number of ether oxygens (including phenoxy) is 1. The lowest BCUT2D eigenvalue weighted by atomic mass is 10.1. The minimum Gasteiger partial charge on any atom is -0.464 e. The van der Waals surface area contributed by atoms with E-state index in [1.165, 1.54) is 20.0 Å². The Morgan fingerprint density at radius 3 is 2.83 bits per heavy atom. The summed E-state index contributed by atoms with van der Waals surface area (Å²) in [4.78, 5) is 18.2. The Kier molecular flexibility index (Phi) is 4.01. The third-order valence-electron chi connectivity index (χ3n) is 4.62. The molecule has 0 spiro atoms. The largest absolute Gasteiger partial charge is 0.464 e. The smallest absolute Gasteiger partial charge is 0.360 e. The molecule has 9 heteroatoms. The van der Waals surface area contributed by atoms with E-state index in [-0.39, 0.29) is 11.7 Å². The van der Waals surface area contributed by atoms with Crippen LogP contribution < -0.4 is 0 Å². The van der Waals surface area contributed by atoms with Gasteiger partial charge in [0.1, 0.15) is 0 Å². The molecule has 1 saturated carbocycles. The Labute approximate surface area is 139 Å². The van der Waals surface area contributed by atoms with E-state index in [1.807, 2.05) is 0 Å². The van der Waals surface area contributed by atoms with Gasteiger partial charge in [0, 0.05) is 19.0 Å². The van der Waals surface area contributed by atoms with E-state index >= 15 is 0 Å². The zero-order valence-electron chi connectivity index (χ0n) is 13.6. The summed E-state index contributed by atoms with van der Waals surface area (Å²) in [5, 5.41) is 12.0. The highest BCUT2D eigenvalue weighted by Crippen LogP contribution is 2.38. The first-order chi connectivity index (χ1) is 11.7. The Balaban J connectivity index is 1.31. The maximum Gasteiger partial charge on any atom is 0.360 e. The van der Waals surface area contributed by atoms with Gasteiger partial charge in [0.05, 0.1) is 25.9 Å². The average molecular weight is 332 g/mol. The van der Waals surface area contributed by atoms with Gasteiger partial charge in [-0.3, -0.25) is 4.90 Å². The van der Waals surface area contributed by atoms with Crippen molar-refractivity contribution in [3.05, 3.63) is 23.6 Å². The molecule has 128 valence electrons. The first-order valence-electron chi connectivity index (χ1n) is 8.28. The number of aromatic nitrogens is 5. The maximum atomic E-state index is 11.4. The van der Waals surface area contributed by atoms with Crippen molar-refractivity contribution in [1.82, 2.24) is 30.0 Å². The molecule has 2 aliphatic rings. The second kappa shape index (κ2) is 6.31. The van der Waals surface area contributed by atoms with Gasteiger partial charge in [-0.05, 0) is 25.7 Å². The standard InChI is InChI=1S/C15H20N6O3/c1-23-15(22)12-8-21(19-17-12)11-4-6-20(7-5-11)9-13-16-14(18-24-13)10-2-3-10/h8,10-11H,2-7,9H2,1H3. The number of methoxy groups -OCH3 is 1. The van der Waals surface area contributed by atoms with Gasteiger partial charge in [-0.1, -0.05) is 10.4 Å². The molecule has 2 fully saturated rings. The molecule has 1 aliphatic carbocycles. The molecule has 0 atom stereocenters. The van der Waals surface area contributed by atoms with Gasteiger partial charge in [0.15, 0.2) is 11.5 Å². The molecule has 9 nitrogen and oxygen atoms in total. The summed E-state index contributed by atoms with van der Waals surface area (Å²) in [6.45, 7) is 2.52. The molecule has 1 aliphatic heterocycles. The topological polar surface area (TPSA) is 99.2 Å². The average Bonchev–Trinajstić information content (AvgIpc) is 3.16. The van der Waals surface area contributed by atoms with Gasteiger partial charge in [0.25, 0.3) is 0 Å². The van der Waals surface area contributed by atoms with E-state index in [0.717, 1.165) is 31.8 Å². The molecule has 4 rings (SSSR count). The molecular weight excluding hydrogens is 312 g/mol. The number of likely N-dealkylation sites (tertiary alicyclic amines) is 1. The molecule has 0 unspecified atom stereocenters. The maximum absolute atomic E-state index is 11.4. The Morgan fingerprint density at radius 1 is 1.33 bits per heavy atom. The quantitative estimate of drug-likeness (QED) is 0.752. The lowest BCUT2D eigenvalue weighted by molar-refractivity contribution is 0.0594. The lowest BCUT2D eigenvalue weighted by Crippen LogP contribution is -2.34. The number of nitrogens with zero attached hydrogens (tertiary/aromatic N) is 6. The van der Waals surface area contributed by atoms with Crippen LogP contribution in [0.15, 0.2) is 10.7 Å². The number of carbonyl (C=O) groups is 1. The van der Waals surface area contributed by atoms with E-state index < -0.39 is 5.97 Å². The Hall–Kier alpha value is -2.29. The van der Waals surface area contributed by atoms with Gasteiger partial charge < -0.3 is 9.26 Å². The highest BCUT2D eigenvalue weighted by atomic mass is 16.5. The summed E-state index contributed by atoms with van der Waals surface area (Å²) in [7, 11) is 1.34. The highest BCUT2D eigenvalue weighted by molar-refractivity contribution is 5.86. The first-order valence-corrected chi connectivity index (χ1v) is 8.28. The van der Waals surface area contributed by atoms with Crippen molar-refractivity contribution in [3.8, 4) is 0 Å². The number of piperidine rings is 1. The van der Waals surface area contributed by atoms with Gasteiger partial charge in [-0.2, -0.15) is 4.98 Å². The summed E-state index contributed by atoms with van der Waals surface area (Å²) in [5.74, 6) is 1.62. The van der Waals surface area contributed by atoms with Gasteiger partial charge in [0.2, 0.25) is 5.89 Å². The van der Waals surface area contributed by atoms with E-state index in [4.69, 9.17) is 4.52 Å². The van der Waals surface area contributed by atoms with Crippen LogP contribution in [0.4, 0.5) is 0 Å². The van der Waals surface area contributed by atoms with Crippen LogP contribution in [0.1, 0.15) is 59.8 Å². The van der Waals surface area contributed by atoms with Crippen LogP contribution in [0.3, 0.4) is 0 Å². The number of rotatable bonds is 5. The highest BCUT2D eigenvalue weighted by Gasteiger charge is 2.29. The van der Waals surface area contributed by atoms with Crippen LogP contribution in [-0.4, -0.2) is 56.2 Å². The second-order valence-corrected chi connectivity index (χ2v) is 6.40. The molecule has 1 saturated heterocycles. The van der Waals surface area contributed by atoms with E-state index in [0.29, 0.717) is 18.4 Å². The minimum absolute atomic E-state index is 0.247. The zero-order valence-corrected chi connectivity index (χ0v) is 13.6. The van der Waals surface area contributed by atoms with Crippen molar-refractivity contribution in [2.24, 2.45) is 0 Å². The SMILES string of the molecule is COC(=O)c1cn(C2CCN(Cc3nc(C4CC4)no3)CC2)nn1. The fourth-order valence-corrected chi connectivity index (χ4v) is 3.03. The van der Waals surface area contributed by atoms with E-state index in [9.17, 15) is 4.79 Å². The fourth-order valence-electron chi connectivity index (χ4n) is 3.03. The summed E-state index contributed by atoms with van der Waals surface area (Å²) < 4.78 is 11.8. The van der Waals surface area contributed by atoms with E-state index in [2.05, 4.69) is 30.1 Å². The van der Waals surface area contributed by atoms with Crippen LogP contribution in [0.2, 0.25) is 0 Å². The van der Waals surface area contributed by atoms with Crippen molar-refractivity contribution in [2.45, 2.75) is 44.2 Å². The summed E-state index contributed by atoms with van der Waals surface area (Å²) >= 11 is 0. The summed E-state index contributed by atoms with van der Waals surface area (Å²) in [6, 6.07) is 0.247. The van der Waals surface area contributed by atoms with Crippen LogP contribution in [-0.2, 0) is 11.3 Å². The third-order valence-corrected chi connectivity index (χ3v) is 4.62. The van der Waals surface area contributed by atoms with Crippen LogP contribution in [0, 0.1) is 0 Å². The van der Waals surface area contributed by atoms with Crippen molar-refractivity contribution in [2.75, 3.05) is 20.2 Å². The number of hydrogen-bond donors (Lipinski definition) is 0. The molecule has 0 N–H and O–H groups in total. The van der Waals surface area contributed by atoms with Crippen molar-refractivity contribution < 1.29 is 14.1 Å². The Morgan fingerprint density at radius 2 is 2.12 bits per heavy atom.